The van der Waals surface area contributed by atoms with Crippen LogP contribution < -0.4 is 16.2 Å². The second kappa shape index (κ2) is 9.73. The third-order valence-corrected chi connectivity index (χ3v) is 3.26. The van der Waals surface area contributed by atoms with Crippen molar-refractivity contribution < 1.29 is 18.8 Å². The molecule has 0 aromatic heterocycles. The zero-order valence-corrected chi connectivity index (χ0v) is 13.9. The molecule has 0 saturated carbocycles. The molecule has 3 N–H and O–H groups in total. The van der Waals surface area contributed by atoms with Crippen molar-refractivity contribution in [3.05, 3.63) is 72.1 Å². The summed E-state index contributed by atoms with van der Waals surface area (Å²) in [7, 11) is 0. The molecule has 0 unspecified atom stereocenters. The molecule has 7 heteroatoms. The summed E-state index contributed by atoms with van der Waals surface area (Å²) in [4.78, 5) is 35.0. The van der Waals surface area contributed by atoms with Gasteiger partial charge in [0.1, 0.15) is 5.82 Å². The second-order valence-corrected chi connectivity index (χ2v) is 5.34. The van der Waals surface area contributed by atoms with Crippen LogP contribution in [0.4, 0.5) is 10.1 Å². The van der Waals surface area contributed by atoms with E-state index < -0.39 is 11.8 Å². The van der Waals surface area contributed by atoms with E-state index in [4.69, 9.17) is 0 Å². The summed E-state index contributed by atoms with van der Waals surface area (Å²) < 4.78 is 12.8. The minimum atomic E-state index is -0.545. The Labute approximate surface area is 150 Å². The van der Waals surface area contributed by atoms with Gasteiger partial charge >= 0.3 is 0 Å². The van der Waals surface area contributed by atoms with Crippen LogP contribution in [-0.2, 0) is 14.4 Å². The fourth-order valence-electron chi connectivity index (χ4n) is 1.95. The number of rotatable bonds is 6. The number of hydrazine groups is 1. The smallest absolute Gasteiger partial charge is 0.262 e. The van der Waals surface area contributed by atoms with E-state index in [0.29, 0.717) is 11.3 Å². The highest BCUT2D eigenvalue weighted by molar-refractivity contribution is 5.95. The highest BCUT2D eigenvalue weighted by atomic mass is 19.1. The number of para-hydroxylation sites is 1. The lowest BCUT2D eigenvalue weighted by Gasteiger charge is -2.06. The maximum Gasteiger partial charge on any atom is 0.262 e. The fraction of sp³-hybridized carbons (Fsp3) is 0.105. The molecule has 2 rings (SSSR count). The number of halogens is 1. The predicted molar refractivity (Wildman–Crippen MR) is 96.0 cm³/mol. The van der Waals surface area contributed by atoms with Crippen molar-refractivity contribution in [3.8, 4) is 0 Å². The molecule has 0 atom stereocenters. The first-order chi connectivity index (χ1) is 12.5. The standard InChI is InChI=1S/C19H18FN3O3/c20-15-9-6-14(7-10-15)8-11-18(25)22-23-19(26)13-12-17(24)21-16-4-2-1-3-5-16/h1-11H,12-13H2,(H,21,24)(H,22,25)(H,23,26)/b11-8+. The molecule has 0 aliphatic heterocycles. The van der Waals surface area contributed by atoms with Gasteiger partial charge in [-0.3, -0.25) is 25.2 Å². The molecule has 0 saturated heterocycles. The van der Waals surface area contributed by atoms with Crippen LogP contribution in [0.25, 0.3) is 6.08 Å². The summed E-state index contributed by atoms with van der Waals surface area (Å²) in [5.74, 6) is -1.70. The number of carbonyl (C=O) groups excluding carboxylic acids is 3. The molecule has 0 heterocycles. The molecular weight excluding hydrogens is 337 g/mol. The average Bonchev–Trinajstić information content (AvgIpc) is 2.65. The van der Waals surface area contributed by atoms with Gasteiger partial charge in [0.25, 0.3) is 5.91 Å². The molecular formula is C19H18FN3O3. The Morgan fingerprint density at radius 1 is 0.846 bits per heavy atom. The molecule has 0 fully saturated rings. The molecule has 6 nitrogen and oxygen atoms in total. The van der Waals surface area contributed by atoms with Gasteiger partial charge in [0, 0.05) is 24.6 Å². The number of hydrogen-bond acceptors (Lipinski definition) is 3. The fourth-order valence-corrected chi connectivity index (χ4v) is 1.95. The van der Waals surface area contributed by atoms with Crippen molar-refractivity contribution >= 4 is 29.5 Å². The summed E-state index contributed by atoms with van der Waals surface area (Å²) in [6.07, 6.45) is 2.60. The number of nitrogens with one attached hydrogen (secondary N) is 3. The third-order valence-electron chi connectivity index (χ3n) is 3.26. The highest BCUT2D eigenvalue weighted by Crippen LogP contribution is 2.06. The maximum absolute atomic E-state index is 12.8. The van der Waals surface area contributed by atoms with E-state index in [-0.39, 0.29) is 24.6 Å². The topological polar surface area (TPSA) is 87.3 Å². The van der Waals surface area contributed by atoms with Gasteiger partial charge in [-0.2, -0.15) is 0 Å². The molecule has 0 spiro atoms. The van der Waals surface area contributed by atoms with Crippen molar-refractivity contribution in [1.29, 1.82) is 0 Å². The van der Waals surface area contributed by atoms with Crippen LogP contribution in [0.3, 0.4) is 0 Å². The Bertz CT molecular complexity index is 789. The Morgan fingerprint density at radius 2 is 1.50 bits per heavy atom. The van der Waals surface area contributed by atoms with E-state index in [2.05, 4.69) is 16.2 Å². The molecule has 0 bridgehead atoms. The Morgan fingerprint density at radius 3 is 2.19 bits per heavy atom. The Kier molecular flexibility index (Phi) is 7.05. The SMILES string of the molecule is O=C(/C=C/c1ccc(F)cc1)NNC(=O)CCC(=O)Nc1ccccc1. The summed E-state index contributed by atoms with van der Waals surface area (Å²) >= 11 is 0. The normalized spacial score (nSPS) is 10.3. The van der Waals surface area contributed by atoms with Gasteiger partial charge in [-0.1, -0.05) is 30.3 Å². The van der Waals surface area contributed by atoms with Crippen molar-refractivity contribution in [1.82, 2.24) is 10.9 Å². The van der Waals surface area contributed by atoms with Gasteiger partial charge in [-0.15, -0.1) is 0 Å². The molecule has 0 aliphatic rings. The van der Waals surface area contributed by atoms with Crippen LogP contribution in [0.15, 0.2) is 60.7 Å². The highest BCUT2D eigenvalue weighted by Gasteiger charge is 2.07. The van der Waals surface area contributed by atoms with Crippen LogP contribution in [-0.4, -0.2) is 17.7 Å². The molecule has 3 amide bonds. The lowest BCUT2D eigenvalue weighted by Crippen LogP contribution is -2.41. The largest absolute Gasteiger partial charge is 0.326 e. The van der Waals surface area contributed by atoms with Crippen molar-refractivity contribution in [2.24, 2.45) is 0 Å². The van der Waals surface area contributed by atoms with Gasteiger partial charge in [-0.25, -0.2) is 4.39 Å². The molecule has 0 aliphatic carbocycles. The van der Waals surface area contributed by atoms with E-state index in [1.54, 1.807) is 24.3 Å². The first-order valence-corrected chi connectivity index (χ1v) is 7.90. The number of anilines is 1. The summed E-state index contributed by atoms with van der Waals surface area (Å²) in [6, 6.07) is 14.5. The summed E-state index contributed by atoms with van der Waals surface area (Å²) in [5.41, 5.74) is 5.72. The van der Waals surface area contributed by atoms with Crippen molar-refractivity contribution in [3.63, 3.8) is 0 Å². The zero-order valence-electron chi connectivity index (χ0n) is 13.9. The third kappa shape index (κ3) is 6.96. The molecule has 2 aromatic carbocycles. The number of carbonyl (C=O) groups is 3. The Hall–Kier alpha value is -3.48. The molecule has 26 heavy (non-hydrogen) atoms. The molecule has 2 aromatic rings. The number of benzene rings is 2. The van der Waals surface area contributed by atoms with Crippen LogP contribution in [0.5, 0.6) is 0 Å². The van der Waals surface area contributed by atoms with Crippen LogP contribution in [0.2, 0.25) is 0 Å². The lowest BCUT2D eigenvalue weighted by molar-refractivity contribution is -0.128. The molecule has 134 valence electrons. The predicted octanol–water partition coefficient (Wildman–Crippen LogP) is 2.41. The van der Waals surface area contributed by atoms with Crippen LogP contribution >= 0.6 is 0 Å². The lowest BCUT2D eigenvalue weighted by atomic mass is 10.2. The van der Waals surface area contributed by atoms with Crippen LogP contribution in [0.1, 0.15) is 18.4 Å². The van der Waals surface area contributed by atoms with Crippen molar-refractivity contribution in [2.75, 3.05) is 5.32 Å². The van der Waals surface area contributed by atoms with E-state index in [1.165, 1.54) is 36.4 Å². The van der Waals surface area contributed by atoms with Crippen LogP contribution in [0, 0.1) is 5.82 Å². The van der Waals surface area contributed by atoms with E-state index in [0.717, 1.165) is 0 Å². The second-order valence-electron chi connectivity index (χ2n) is 5.34. The summed E-state index contributed by atoms with van der Waals surface area (Å²) in [6.45, 7) is 0. The molecule has 0 radical (unpaired) electrons. The van der Waals surface area contributed by atoms with Gasteiger partial charge in [0.15, 0.2) is 0 Å². The number of amides is 3. The van der Waals surface area contributed by atoms with Crippen molar-refractivity contribution in [2.45, 2.75) is 12.8 Å². The first kappa shape index (κ1) is 18.9. The first-order valence-electron chi connectivity index (χ1n) is 7.90. The van der Waals surface area contributed by atoms with Gasteiger partial charge in [0.2, 0.25) is 11.8 Å². The quantitative estimate of drug-likeness (QED) is 0.549. The Balaban J connectivity index is 1.67. The van der Waals surface area contributed by atoms with Gasteiger partial charge < -0.3 is 5.32 Å². The van der Waals surface area contributed by atoms with Gasteiger partial charge in [-0.05, 0) is 35.9 Å². The van der Waals surface area contributed by atoms with E-state index in [1.807, 2.05) is 6.07 Å². The number of hydrogen-bond donors (Lipinski definition) is 3. The maximum atomic E-state index is 12.8. The van der Waals surface area contributed by atoms with E-state index in [9.17, 15) is 18.8 Å². The average molecular weight is 355 g/mol. The minimum Gasteiger partial charge on any atom is -0.326 e. The van der Waals surface area contributed by atoms with Gasteiger partial charge in [0.05, 0.1) is 0 Å². The summed E-state index contributed by atoms with van der Waals surface area (Å²) in [5, 5.41) is 2.66. The monoisotopic (exact) mass is 355 g/mol. The minimum absolute atomic E-state index is 0.0119. The zero-order chi connectivity index (χ0) is 18.8. The van der Waals surface area contributed by atoms with E-state index >= 15 is 0 Å².